The minimum Gasteiger partial charge on any atom is -0.444 e. The van der Waals surface area contributed by atoms with Gasteiger partial charge in [-0.3, -0.25) is 19.7 Å². The molecule has 140 valence electrons. The number of carbonyl (C=O) groups is 4. The maximum Gasteiger partial charge on any atom is 0.412 e. The molecule has 1 amide bonds. The number of aldehydes is 1. The summed E-state index contributed by atoms with van der Waals surface area (Å²) >= 11 is 0. The smallest absolute Gasteiger partial charge is 0.412 e. The van der Waals surface area contributed by atoms with Crippen LogP contribution in [0.5, 0.6) is 0 Å². The monoisotopic (exact) mass is 363 g/mol. The molecular formula is C19H22FNO5. The topological polar surface area (TPSA) is 89.5 Å². The van der Waals surface area contributed by atoms with E-state index in [4.69, 9.17) is 4.74 Å². The number of halogens is 1. The number of hydrogen-bond acceptors (Lipinski definition) is 5. The normalized spacial score (nSPS) is 12.9. The van der Waals surface area contributed by atoms with Crippen LogP contribution >= 0.6 is 0 Å². The van der Waals surface area contributed by atoms with Crippen molar-refractivity contribution in [3.63, 3.8) is 0 Å². The van der Waals surface area contributed by atoms with Gasteiger partial charge in [-0.25, -0.2) is 9.18 Å². The zero-order valence-corrected chi connectivity index (χ0v) is 15.2. The molecule has 0 spiro atoms. The second kappa shape index (κ2) is 9.03. The molecule has 1 N–H and O–H groups in total. The third-order valence-corrected chi connectivity index (χ3v) is 3.27. The van der Waals surface area contributed by atoms with E-state index in [2.05, 4.69) is 5.32 Å². The van der Waals surface area contributed by atoms with Crippen LogP contribution in [0.3, 0.4) is 0 Å². The fourth-order valence-electron chi connectivity index (χ4n) is 2.09. The number of alkyl carbamates (subject to hydrolysis) is 1. The van der Waals surface area contributed by atoms with Crippen molar-refractivity contribution >= 4 is 30.0 Å². The Kier molecular flexibility index (Phi) is 7.37. The molecule has 26 heavy (non-hydrogen) atoms. The molecule has 0 fully saturated rings. The molecule has 0 saturated carbocycles. The minimum atomic E-state index is -1.21. The van der Waals surface area contributed by atoms with Crippen molar-refractivity contribution in [2.45, 2.75) is 39.7 Å². The maximum atomic E-state index is 13.1. The Morgan fingerprint density at radius 3 is 2.23 bits per heavy atom. The Labute approximate surface area is 151 Å². The van der Waals surface area contributed by atoms with Gasteiger partial charge in [0.25, 0.3) is 0 Å². The van der Waals surface area contributed by atoms with Crippen LogP contribution in [0.15, 0.2) is 30.0 Å². The Hall–Kier alpha value is -2.83. The highest BCUT2D eigenvalue weighted by atomic mass is 19.1. The highest BCUT2D eigenvalue weighted by Crippen LogP contribution is 2.15. The molecule has 0 heterocycles. The molecule has 1 aromatic carbocycles. The van der Waals surface area contributed by atoms with Crippen molar-refractivity contribution in [3.05, 3.63) is 41.3 Å². The number of nitrogens with one attached hydrogen (secondary N) is 1. The van der Waals surface area contributed by atoms with E-state index in [1.165, 1.54) is 30.3 Å². The molecule has 0 bridgehead atoms. The lowest BCUT2D eigenvalue weighted by Gasteiger charge is -2.21. The Balaban J connectivity index is 3.21. The van der Waals surface area contributed by atoms with E-state index in [0.29, 0.717) is 5.56 Å². The number of Topliss-reactive ketones (excluding diaryl/α,β-unsaturated/α-hetero) is 2. The Morgan fingerprint density at radius 1 is 1.19 bits per heavy atom. The Morgan fingerprint density at radius 2 is 1.77 bits per heavy atom. The summed E-state index contributed by atoms with van der Waals surface area (Å²) < 4.78 is 18.2. The van der Waals surface area contributed by atoms with Crippen molar-refractivity contribution < 1.29 is 28.3 Å². The van der Waals surface area contributed by atoms with Crippen LogP contribution in [0, 0.1) is 11.7 Å². The summed E-state index contributed by atoms with van der Waals surface area (Å²) in [5.41, 5.74) is -0.580. The maximum absolute atomic E-state index is 13.1. The van der Waals surface area contributed by atoms with Gasteiger partial charge in [0.15, 0.2) is 12.1 Å². The minimum absolute atomic E-state index is 0.0784. The van der Waals surface area contributed by atoms with E-state index < -0.39 is 35.0 Å². The number of benzene rings is 1. The zero-order chi connectivity index (χ0) is 19.9. The average Bonchev–Trinajstić information content (AvgIpc) is 2.54. The van der Waals surface area contributed by atoms with Crippen molar-refractivity contribution in [3.8, 4) is 0 Å². The quantitative estimate of drug-likeness (QED) is 0.348. The highest BCUT2D eigenvalue weighted by molar-refractivity contribution is 6.33. The van der Waals surface area contributed by atoms with Crippen LogP contribution in [0.2, 0.25) is 0 Å². The molecule has 1 rings (SSSR count). The van der Waals surface area contributed by atoms with Crippen molar-refractivity contribution in [1.82, 2.24) is 5.32 Å². The van der Waals surface area contributed by atoms with Crippen LogP contribution in [0.25, 0.3) is 6.08 Å². The van der Waals surface area contributed by atoms with E-state index in [9.17, 15) is 23.6 Å². The summed E-state index contributed by atoms with van der Waals surface area (Å²) in [5.74, 6) is -3.28. The number of ether oxygens (including phenoxy) is 1. The van der Waals surface area contributed by atoms with Gasteiger partial charge in [-0.15, -0.1) is 0 Å². The molecule has 0 aromatic heterocycles. The number of hydrogen-bond donors (Lipinski definition) is 1. The molecule has 1 unspecified atom stereocenters. The van der Waals surface area contributed by atoms with Crippen LogP contribution in [-0.4, -0.2) is 29.5 Å². The molecule has 0 aliphatic heterocycles. The van der Waals surface area contributed by atoms with E-state index in [0.717, 1.165) is 0 Å². The first-order valence-electron chi connectivity index (χ1n) is 8.08. The molecule has 1 aromatic rings. The summed E-state index contributed by atoms with van der Waals surface area (Å²) in [6, 6.07) is 5.19. The second-order valence-corrected chi connectivity index (χ2v) is 6.58. The predicted octanol–water partition coefficient (Wildman–Crippen LogP) is 3.05. The second-order valence-electron chi connectivity index (χ2n) is 6.58. The van der Waals surface area contributed by atoms with Gasteiger partial charge in [-0.2, -0.15) is 0 Å². The molecule has 0 aliphatic rings. The summed E-state index contributed by atoms with van der Waals surface area (Å²) in [6.45, 7) is 6.54. The van der Waals surface area contributed by atoms with Gasteiger partial charge in [0.05, 0.1) is 11.6 Å². The summed E-state index contributed by atoms with van der Waals surface area (Å²) in [7, 11) is 0. The van der Waals surface area contributed by atoms with Crippen LogP contribution in [0.4, 0.5) is 9.18 Å². The molecular weight excluding hydrogens is 341 g/mol. The number of rotatable bonds is 7. The highest BCUT2D eigenvalue weighted by Gasteiger charge is 2.29. The van der Waals surface area contributed by atoms with Crippen LogP contribution < -0.4 is 5.32 Å². The van der Waals surface area contributed by atoms with Gasteiger partial charge in [-0.05, 0) is 51.0 Å². The predicted molar refractivity (Wildman–Crippen MR) is 93.6 cm³/mol. The van der Waals surface area contributed by atoms with Crippen molar-refractivity contribution in [2.24, 2.45) is 5.92 Å². The largest absolute Gasteiger partial charge is 0.444 e. The SMILES string of the molecule is CCC(C(=O)C=O)C(=O)/C(=C/c1ccc(F)cc1)NC(=O)OC(C)(C)C. The summed E-state index contributed by atoms with van der Waals surface area (Å²) in [5, 5.41) is 2.32. The fourth-order valence-corrected chi connectivity index (χ4v) is 2.09. The average molecular weight is 363 g/mol. The van der Waals surface area contributed by atoms with Crippen LogP contribution in [0.1, 0.15) is 39.7 Å². The molecule has 0 radical (unpaired) electrons. The van der Waals surface area contributed by atoms with E-state index in [1.54, 1.807) is 27.7 Å². The van der Waals surface area contributed by atoms with Gasteiger partial charge < -0.3 is 4.74 Å². The lowest BCUT2D eigenvalue weighted by molar-refractivity contribution is -0.136. The van der Waals surface area contributed by atoms with Gasteiger partial charge in [-0.1, -0.05) is 19.1 Å². The lowest BCUT2D eigenvalue weighted by Crippen LogP contribution is -2.37. The molecule has 0 saturated heterocycles. The third kappa shape index (κ3) is 6.58. The number of ketones is 2. The van der Waals surface area contributed by atoms with E-state index in [1.807, 2.05) is 0 Å². The molecule has 1 atom stereocenters. The summed E-state index contributed by atoms with van der Waals surface area (Å²) in [6.07, 6.45) is 0.585. The van der Waals surface area contributed by atoms with Gasteiger partial charge in [0, 0.05) is 0 Å². The molecule has 6 nitrogen and oxygen atoms in total. The zero-order valence-electron chi connectivity index (χ0n) is 15.2. The Bertz CT molecular complexity index is 716. The first-order chi connectivity index (χ1) is 12.1. The van der Waals surface area contributed by atoms with Crippen molar-refractivity contribution in [2.75, 3.05) is 0 Å². The van der Waals surface area contributed by atoms with Crippen molar-refractivity contribution in [1.29, 1.82) is 0 Å². The van der Waals surface area contributed by atoms with Crippen LogP contribution in [-0.2, 0) is 19.1 Å². The van der Waals surface area contributed by atoms with Gasteiger partial charge >= 0.3 is 6.09 Å². The van der Waals surface area contributed by atoms with E-state index in [-0.39, 0.29) is 18.4 Å². The summed E-state index contributed by atoms with van der Waals surface area (Å²) in [4.78, 5) is 47.1. The van der Waals surface area contributed by atoms with E-state index >= 15 is 0 Å². The first kappa shape index (κ1) is 21.2. The number of amides is 1. The number of carbonyl (C=O) groups excluding carboxylic acids is 4. The first-order valence-corrected chi connectivity index (χ1v) is 8.08. The third-order valence-electron chi connectivity index (χ3n) is 3.27. The van der Waals surface area contributed by atoms with Gasteiger partial charge in [0.2, 0.25) is 5.78 Å². The fraction of sp³-hybridized carbons (Fsp3) is 0.368. The molecule has 7 heteroatoms. The lowest BCUT2D eigenvalue weighted by atomic mass is 9.93. The molecule has 0 aliphatic carbocycles. The standard InChI is InChI=1S/C19H22FNO5/c1-5-14(16(23)11-22)17(24)15(21-18(25)26-19(2,3)4)10-12-6-8-13(20)9-7-12/h6-11,14H,5H2,1-4H3,(H,21,25)/b15-10-. The van der Waals surface area contributed by atoms with Gasteiger partial charge in [0.1, 0.15) is 11.4 Å². The number of allylic oxidation sites excluding steroid dienone is 1.